The van der Waals surface area contributed by atoms with Crippen LogP contribution >= 0.6 is 11.3 Å². The van der Waals surface area contributed by atoms with Crippen LogP contribution in [0, 0.1) is 11.6 Å². The van der Waals surface area contributed by atoms with Crippen molar-refractivity contribution in [3.63, 3.8) is 0 Å². The van der Waals surface area contributed by atoms with Crippen molar-refractivity contribution in [2.75, 3.05) is 26.2 Å². The van der Waals surface area contributed by atoms with E-state index >= 15 is 0 Å². The number of halogens is 2. The fourth-order valence-corrected chi connectivity index (χ4v) is 5.45. The van der Waals surface area contributed by atoms with Gasteiger partial charge in [0, 0.05) is 26.2 Å². The van der Waals surface area contributed by atoms with Crippen LogP contribution in [0.25, 0.3) is 10.6 Å². The van der Waals surface area contributed by atoms with Gasteiger partial charge in [0.05, 0.1) is 15.5 Å². The SMILES string of the molecule is O=C(c1ccc(-c2cccs2)[nH]c1=O)N1CCN(S(=O)(=O)c2ccc(F)c(F)c2)CC1. The van der Waals surface area contributed by atoms with Crippen LogP contribution in [0.15, 0.2) is 57.5 Å². The molecule has 31 heavy (non-hydrogen) atoms. The lowest BCUT2D eigenvalue weighted by molar-refractivity contribution is 0.0696. The van der Waals surface area contributed by atoms with Gasteiger partial charge in [-0.15, -0.1) is 11.3 Å². The molecule has 0 radical (unpaired) electrons. The molecule has 1 saturated heterocycles. The van der Waals surface area contributed by atoms with Crippen LogP contribution in [-0.4, -0.2) is 54.7 Å². The predicted octanol–water partition coefficient (Wildman–Crippen LogP) is 2.53. The minimum atomic E-state index is -4.03. The lowest BCUT2D eigenvalue weighted by Crippen LogP contribution is -2.51. The van der Waals surface area contributed by atoms with Crippen molar-refractivity contribution in [3.05, 3.63) is 75.4 Å². The van der Waals surface area contributed by atoms with Gasteiger partial charge in [-0.1, -0.05) is 6.07 Å². The third kappa shape index (κ3) is 4.16. The first-order valence-electron chi connectivity index (χ1n) is 9.29. The number of nitrogens with zero attached hydrogens (tertiary/aromatic N) is 2. The Balaban J connectivity index is 1.46. The van der Waals surface area contributed by atoms with Crippen molar-refractivity contribution in [1.82, 2.24) is 14.2 Å². The van der Waals surface area contributed by atoms with Gasteiger partial charge in [0.2, 0.25) is 10.0 Å². The number of thiophene rings is 1. The highest BCUT2D eigenvalue weighted by molar-refractivity contribution is 7.89. The van der Waals surface area contributed by atoms with E-state index in [1.165, 1.54) is 22.3 Å². The van der Waals surface area contributed by atoms with Crippen LogP contribution in [-0.2, 0) is 10.0 Å². The molecule has 0 atom stereocenters. The van der Waals surface area contributed by atoms with E-state index in [4.69, 9.17) is 0 Å². The van der Waals surface area contributed by atoms with E-state index in [-0.39, 0.29) is 36.6 Å². The first kappa shape index (κ1) is 21.3. The first-order chi connectivity index (χ1) is 14.8. The molecule has 0 bridgehead atoms. The highest BCUT2D eigenvalue weighted by atomic mass is 32.2. The standard InChI is InChI=1S/C20H17F2N3O4S2/c21-15-5-3-13(12-16(15)22)31(28,29)25-9-7-24(8-10-25)20(27)14-4-6-17(23-19(14)26)18-2-1-11-30-18/h1-6,11-12H,7-10H2,(H,23,26). The number of aromatic nitrogens is 1. The number of amides is 1. The van der Waals surface area contributed by atoms with Crippen molar-refractivity contribution in [2.24, 2.45) is 0 Å². The number of nitrogens with one attached hydrogen (secondary N) is 1. The highest BCUT2D eigenvalue weighted by Gasteiger charge is 2.31. The third-order valence-electron chi connectivity index (χ3n) is 4.98. The molecule has 0 saturated carbocycles. The lowest BCUT2D eigenvalue weighted by Gasteiger charge is -2.33. The van der Waals surface area contributed by atoms with E-state index in [0.717, 1.165) is 21.3 Å². The van der Waals surface area contributed by atoms with Crippen LogP contribution in [0.5, 0.6) is 0 Å². The number of benzene rings is 1. The molecule has 0 spiro atoms. The Labute approximate surface area is 180 Å². The Bertz CT molecular complexity index is 1280. The van der Waals surface area contributed by atoms with Crippen molar-refractivity contribution < 1.29 is 22.0 Å². The van der Waals surface area contributed by atoms with E-state index in [2.05, 4.69) is 4.98 Å². The number of aromatic amines is 1. The van der Waals surface area contributed by atoms with Gasteiger partial charge in [0.1, 0.15) is 5.56 Å². The Morgan fingerprint density at radius 2 is 1.74 bits per heavy atom. The number of carbonyl (C=O) groups is 1. The summed E-state index contributed by atoms with van der Waals surface area (Å²) < 4.78 is 53.0. The average molecular weight is 466 g/mol. The second-order valence-corrected chi connectivity index (χ2v) is 9.75. The molecular weight excluding hydrogens is 448 g/mol. The number of hydrogen-bond donors (Lipinski definition) is 1. The maximum Gasteiger partial charge on any atom is 0.261 e. The fraction of sp³-hybridized carbons (Fsp3) is 0.200. The zero-order chi connectivity index (χ0) is 22.2. The molecule has 1 aliphatic rings. The third-order valence-corrected chi connectivity index (χ3v) is 7.78. The minimum Gasteiger partial charge on any atom is -0.336 e. The van der Waals surface area contributed by atoms with Crippen molar-refractivity contribution in [3.8, 4) is 10.6 Å². The highest BCUT2D eigenvalue weighted by Crippen LogP contribution is 2.22. The average Bonchev–Trinajstić information content (AvgIpc) is 3.30. The second-order valence-electron chi connectivity index (χ2n) is 6.86. The maximum absolute atomic E-state index is 13.4. The van der Waals surface area contributed by atoms with Crippen LogP contribution in [0.4, 0.5) is 8.78 Å². The van der Waals surface area contributed by atoms with Gasteiger partial charge in [-0.2, -0.15) is 4.31 Å². The van der Waals surface area contributed by atoms with Gasteiger partial charge in [-0.3, -0.25) is 9.59 Å². The molecule has 3 aromatic rings. The topological polar surface area (TPSA) is 90.6 Å². The summed E-state index contributed by atoms with van der Waals surface area (Å²) >= 11 is 1.46. The van der Waals surface area contributed by atoms with Gasteiger partial charge < -0.3 is 9.88 Å². The Hall–Kier alpha value is -2.89. The Morgan fingerprint density at radius 3 is 2.35 bits per heavy atom. The number of pyridine rings is 1. The van der Waals surface area contributed by atoms with Crippen molar-refractivity contribution in [2.45, 2.75) is 4.90 Å². The van der Waals surface area contributed by atoms with Crippen LogP contribution in [0.2, 0.25) is 0 Å². The predicted molar refractivity (Wildman–Crippen MR) is 111 cm³/mol. The van der Waals surface area contributed by atoms with E-state index in [1.807, 2.05) is 17.5 Å². The molecule has 2 aromatic heterocycles. The summed E-state index contributed by atoms with van der Waals surface area (Å²) in [5, 5.41) is 1.88. The monoisotopic (exact) mass is 465 g/mol. The van der Waals surface area contributed by atoms with Gasteiger partial charge in [-0.05, 0) is 41.8 Å². The van der Waals surface area contributed by atoms with E-state index < -0.39 is 33.1 Å². The Morgan fingerprint density at radius 1 is 1.00 bits per heavy atom. The summed E-state index contributed by atoms with van der Waals surface area (Å²) in [5.41, 5.74) is 0.0592. The summed E-state index contributed by atoms with van der Waals surface area (Å²) in [6.07, 6.45) is 0. The van der Waals surface area contributed by atoms with Gasteiger partial charge in [-0.25, -0.2) is 17.2 Å². The number of carbonyl (C=O) groups excluding carboxylic acids is 1. The molecule has 1 aliphatic heterocycles. The van der Waals surface area contributed by atoms with Crippen molar-refractivity contribution >= 4 is 27.3 Å². The summed E-state index contributed by atoms with van der Waals surface area (Å²) in [4.78, 5) is 29.8. The number of hydrogen-bond acceptors (Lipinski definition) is 5. The summed E-state index contributed by atoms with van der Waals surface area (Å²) in [6.45, 7) is 0.0677. The largest absolute Gasteiger partial charge is 0.336 e. The van der Waals surface area contributed by atoms with E-state index in [1.54, 1.807) is 6.07 Å². The second kappa shape index (κ2) is 8.33. The van der Waals surface area contributed by atoms with Crippen LogP contribution in [0.3, 0.4) is 0 Å². The normalized spacial score (nSPS) is 15.2. The summed E-state index contributed by atoms with van der Waals surface area (Å²) in [5.74, 6) is -2.88. The molecule has 0 unspecified atom stereocenters. The molecule has 11 heteroatoms. The quantitative estimate of drug-likeness (QED) is 0.641. The summed E-state index contributed by atoms with van der Waals surface area (Å²) in [6, 6.07) is 9.21. The minimum absolute atomic E-state index is 0.0295. The fourth-order valence-electron chi connectivity index (χ4n) is 3.31. The van der Waals surface area contributed by atoms with Gasteiger partial charge in [0.25, 0.3) is 11.5 Å². The molecule has 7 nitrogen and oxygen atoms in total. The van der Waals surface area contributed by atoms with Crippen LogP contribution in [0.1, 0.15) is 10.4 Å². The van der Waals surface area contributed by atoms with Gasteiger partial charge >= 0.3 is 0 Å². The molecule has 1 amide bonds. The molecule has 162 valence electrons. The molecule has 3 heterocycles. The van der Waals surface area contributed by atoms with Crippen LogP contribution < -0.4 is 5.56 Å². The van der Waals surface area contributed by atoms with Gasteiger partial charge in [0.15, 0.2) is 11.6 Å². The zero-order valence-corrected chi connectivity index (χ0v) is 17.7. The molecule has 0 aliphatic carbocycles. The zero-order valence-electron chi connectivity index (χ0n) is 16.0. The number of rotatable bonds is 4. The molecular formula is C20H17F2N3O4S2. The number of H-pyrrole nitrogens is 1. The first-order valence-corrected chi connectivity index (χ1v) is 11.6. The smallest absolute Gasteiger partial charge is 0.261 e. The maximum atomic E-state index is 13.4. The Kier molecular flexibility index (Phi) is 5.73. The van der Waals surface area contributed by atoms with E-state index in [0.29, 0.717) is 11.8 Å². The lowest BCUT2D eigenvalue weighted by atomic mass is 10.2. The molecule has 1 aromatic carbocycles. The number of piperazine rings is 1. The molecule has 1 fully saturated rings. The molecule has 1 N–H and O–H groups in total. The van der Waals surface area contributed by atoms with E-state index in [9.17, 15) is 26.8 Å². The van der Waals surface area contributed by atoms with Crippen molar-refractivity contribution in [1.29, 1.82) is 0 Å². The summed E-state index contributed by atoms with van der Waals surface area (Å²) in [7, 11) is -4.03. The number of sulfonamides is 1. The molecule has 4 rings (SSSR count).